The Morgan fingerprint density at radius 1 is 1.07 bits per heavy atom. The molecule has 1 heterocycles. The lowest BCUT2D eigenvalue weighted by Gasteiger charge is -2.10. The van der Waals surface area contributed by atoms with Gasteiger partial charge in [-0.3, -0.25) is 0 Å². The first-order chi connectivity index (χ1) is 7.20. The third kappa shape index (κ3) is 1.91. The standard InChI is InChI=1S/C11H8F2OS/c12-7-3-1-4-8(13)10(7)11(14)9-5-2-6-15-9/h1-6,11,14H. The molecule has 0 bridgehead atoms. The molecule has 0 saturated heterocycles. The normalized spacial score (nSPS) is 12.7. The molecule has 0 fully saturated rings. The molecule has 15 heavy (non-hydrogen) atoms. The molecule has 0 aliphatic rings. The summed E-state index contributed by atoms with van der Waals surface area (Å²) in [5.41, 5.74) is -0.292. The van der Waals surface area contributed by atoms with Crippen LogP contribution in [0.1, 0.15) is 16.5 Å². The second-order valence-corrected chi connectivity index (χ2v) is 4.03. The summed E-state index contributed by atoms with van der Waals surface area (Å²) in [4.78, 5) is 0.527. The summed E-state index contributed by atoms with van der Waals surface area (Å²) in [7, 11) is 0. The van der Waals surface area contributed by atoms with Crippen LogP contribution in [0.25, 0.3) is 0 Å². The number of halogens is 2. The first-order valence-corrected chi connectivity index (χ1v) is 5.23. The highest BCUT2D eigenvalue weighted by molar-refractivity contribution is 7.10. The molecular formula is C11H8F2OS. The summed E-state index contributed by atoms with van der Waals surface area (Å²) in [6.07, 6.45) is -1.23. The molecule has 1 unspecified atom stereocenters. The molecule has 2 aromatic rings. The van der Waals surface area contributed by atoms with Gasteiger partial charge in [-0.25, -0.2) is 8.78 Å². The predicted molar refractivity (Wildman–Crippen MR) is 54.7 cm³/mol. The zero-order valence-electron chi connectivity index (χ0n) is 7.65. The zero-order chi connectivity index (χ0) is 10.8. The highest BCUT2D eigenvalue weighted by Crippen LogP contribution is 2.29. The van der Waals surface area contributed by atoms with E-state index < -0.39 is 17.7 Å². The summed E-state index contributed by atoms with van der Waals surface area (Å²) in [5, 5.41) is 11.5. The number of aliphatic hydroxyl groups excluding tert-OH is 1. The maximum atomic E-state index is 13.3. The minimum atomic E-state index is -1.23. The molecule has 1 aromatic heterocycles. The average molecular weight is 226 g/mol. The van der Waals surface area contributed by atoms with Gasteiger partial charge in [-0.2, -0.15) is 0 Å². The van der Waals surface area contributed by atoms with Crippen LogP contribution in [-0.4, -0.2) is 5.11 Å². The Balaban J connectivity index is 2.46. The molecule has 1 aromatic carbocycles. The van der Waals surface area contributed by atoms with Gasteiger partial charge in [0, 0.05) is 4.88 Å². The second-order valence-electron chi connectivity index (χ2n) is 3.05. The SMILES string of the molecule is OC(c1cccs1)c1c(F)cccc1F. The second kappa shape index (κ2) is 4.08. The predicted octanol–water partition coefficient (Wildman–Crippen LogP) is 3.11. The monoisotopic (exact) mass is 226 g/mol. The third-order valence-corrected chi connectivity index (χ3v) is 3.01. The number of thiophene rings is 1. The molecule has 78 valence electrons. The minimum absolute atomic E-state index is 0.292. The molecule has 0 aliphatic heterocycles. The minimum Gasteiger partial charge on any atom is -0.383 e. The average Bonchev–Trinajstić information content (AvgIpc) is 2.69. The number of hydrogen-bond acceptors (Lipinski definition) is 2. The lowest BCUT2D eigenvalue weighted by atomic mass is 10.1. The topological polar surface area (TPSA) is 20.2 Å². The first-order valence-electron chi connectivity index (χ1n) is 4.35. The molecule has 0 aliphatic carbocycles. The molecule has 1 nitrogen and oxygen atoms in total. The van der Waals surface area contributed by atoms with Gasteiger partial charge in [0.15, 0.2) is 0 Å². The molecule has 2 rings (SSSR count). The molecule has 1 atom stereocenters. The largest absolute Gasteiger partial charge is 0.383 e. The summed E-state index contributed by atoms with van der Waals surface area (Å²) >= 11 is 1.26. The van der Waals surface area contributed by atoms with E-state index in [-0.39, 0.29) is 5.56 Å². The van der Waals surface area contributed by atoms with Gasteiger partial charge in [0.05, 0.1) is 5.56 Å². The summed E-state index contributed by atoms with van der Waals surface area (Å²) in [6, 6.07) is 6.91. The van der Waals surface area contributed by atoms with Crippen LogP contribution >= 0.6 is 11.3 Å². The van der Waals surface area contributed by atoms with Gasteiger partial charge in [0.25, 0.3) is 0 Å². The van der Waals surface area contributed by atoms with Gasteiger partial charge < -0.3 is 5.11 Å². The van der Waals surface area contributed by atoms with Gasteiger partial charge in [0.2, 0.25) is 0 Å². The van der Waals surface area contributed by atoms with E-state index in [2.05, 4.69) is 0 Å². The van der Waals surface area contributed by atoms with Crippen molar-refractivity contribution >= 4 is 11.3 Å². The van der Waals surface area contributed by atoms with E-state index >= 15 is 0 Å². The van der Waals surface area contributed by atoms with Crippen molar-refractivity contribution in [1.29, 1.82) is 0 Å². The van der Waals surface area contributed by atoms with E-state index in [0.717, 1.165) is 12.1 Å². The molecule has 1 N–H and O–H groups in total. The van der Waals surface area contributed by atoms with Crippen LogP contribution in [0.5, 0.6) is 0 Å². The third-order valence-electron chi connectivity index (χ3n) is 2.09. The van der Waals surface area contributed by atoms with E-state index in [9.17, 15) is 13.9 Å². The van der Waals surface area contributed by atoms with Crippen LogP contribution in [0.15, 0.2) is 35.7 Å². The number of hydrogen-bond donors (Lipinski definition) is 1. The van der Waals surface area contributed by atoms with E-state index in [1.54, 1.807) is 17.5 Å². The van der Waals surface area contributed by atoms with Crippen molar-refractivity contribution < 1.29 is 13.9 Å². The van der Waals surface area contributed by atoms with Gasteiger partial charge in [-0.1, -0.05) is 12.1 Å². The molecule has 0 saturated carbocycles. The van der Waals surface area contributed by atoms with Crippen molar-refractivity contribution in [3.63, 3.8) is 0 Å². The summed E-state index contributed by atoms with van der Waals surface area (Å²) < 4.78 is 26.6. The zero-order valence-corrected chi connectivity index (χ0v) is 8.47. The molecule has 0 spiro atoms. The number of rotatable bonds is 2. The number of benzene rings is 1. The summed E-state index contributed by atoms with van der Waals surface area (Å²) in [6.45, 7) is 0. The van der Waals surface area contributed by atoms with Crippen LogP contribution in [0.2, 0.25) is 0 Å². The van der Waals surface area contributed by atoms with Crippen LogP contribution in [0, 0.1) is 11.6 Å². The van der Waals surface area contributed by atoms with Gasteiger partial charge >= 0.3 is 0 Å². The smallest absolute Gasteiger partial charge is 0.132 e. The molecule has 0 radical (unpaired) electrons. The van der Waals surface area contributed by atoms with Gasteiger partial charge in [0.1, 0.15) is 17.7 Å². The first kappa shape index (κ1) is 10.3. The van der Waals surface area contributed by atoms with Crippen molar-refractivity contribution in [1.82, 2.24) is 0 Å². The maximum Gasteiger partial charge on any atom is 0.132 e. The van der Waals surface area contributed by atoms with Crippen molar-refractivity contribution in [3.8, 4) is 0 Å². The van der Waals surface area contributed by atoms with Crippen molar-refractivity contribution in [3.05, 3.63) is 57.8 Å². The lowest BCUT2D eigenvalue weighted by Crippen LogP contribution is -2.03. The van der Waals surface area contributed by atoms with Crippen molar-refractivity contribution in [2.24, 2.45) is 0 Å². The fraction of sp³-hybridized carbons (Fsp3) is 0.0909. The Morgan fingerprint density at radius 2 is 1.73 bits per heavy atom. The van der Waals surface area contributed by atoms with Gasteiger partial charge in [-0.05, 0) is 23.6 Å². The van der Waals surface area contributed by atoms with Crippen LogP contribution in [-0.2, 0) is 0 Å². The molecular weight excluding hydrogens is 218 g/mol. The molecule has 4 heteroatoms. The van der Waals surface area contributed by atoms with Gasteiger partial charge in [-0.15, -0.1) is 11.3 Å². The highest BCUT2D eigenvalue weighted by atomic mass is 32.1. The fourth-order valence-electron chi connectivity index (χ4n) is 1.36. The maximum absolute atomic E-state index is 13.3. The highest BCUT2D eigenvalue weighted by Gasteiger charge is 2.19. The van der Waals surface area contributed by atoms with Crippen LogP contribution in [0.4, 0.5) is 8.78 Å². The fourth-order valence-corrected chi connectivity index (χ4v) is 2.08. The Hall–Kier alpha value is -1.26. The van der Waals surface area contributed by atoms with E-state index in [4.69, 9.17) is 0 Å². The Bertz CT molecular complexity index is 433. The molecule has 0 amide bonds. The van der Waals surface area contributed by atoms with Crippen LogP contribution < -0.4 is 0 Å². The Morgan fingerprint density at radius 3 is 2.27 bits per heavy atom. The lowest BCUT2D eigenvalue weighted by molar-refractivity contribution is 0.213. The van der Waals surface area contributed by atoms with E-state index in [1.807, 2.05) is 0 Å². The summed E-state index contributed by atoms with van der Waals surface area (Å²) in [5.74, 6) is -1.45. The van der Waals surface area contributed by atoms with Crippen LogP contribution in [0.3, 0.4) is 0 Å². The van der Waals surface area contributed by atoms with E-state index in [0.29, 0.717) is 4.88 Å². The van der Waals surface area contributed by atoms with E-state index in [1.165, 1.54) is 17.4 Å². The quantitative estimate of drug-likeness (QED) is 0.834. The van der Waals surface area contributed by atoms with Crippen molar-refractivity contribution in [2.45, 2.75) is 6.10 Å². The van der Waals surface area contributed by atoms with Crippen molar-refractivity contribution in [2.75, 3.05) is 0 Å². The Kier molecular flexibility index (Phi) is 2.79. The number of aliphatic hydroxyl groups is 1. The Labute approximate surface area is 89.6 Å².